The lowest BCUT2D eigenvalue weighted by atomic mass is 10.2. The van der Waals surface area contributed by atoms with E-state index in [1.807, 2.05) is 18.3 Å². The number of hydrogen-bond donors (Lipinski definition) is 2. The Balaban J connectivity index is 2.12. The molecule has 2 N–H and O–H groups in total. The van der Waals surface area contributed by atoms with E-state index in [1.165, 1.54) is 0 Å². The van der Waals surface area contributed by atoms with Crippen LogP contribution in [0.2, 0.25) is 0 Å². The van der Waals surface area contributed by atoms with Crippen LogP contribution in [0.25, 0.3) is 11.5 Å². The van der Waals surface area contributed by atoms with Gasteiger partial charge in [-0.05, 0) is 48.0 Å². The molecule has 2 rings (SSSR count). The summed E-state index contributed by atoms with van der Waals surface area (Å²) >= 11 is 3.37. The molecule has 1 atom stereocenters. The highest BCUT2D eigenvalue weighted by Crippen LogP contribution is 2.18. The second kappa shape index (κ2) is 6.11. The van der Waals surface area contributed by atoms with Crippen molar-refractivity contribution in [3.8, 4) is 11.5 Å². The largest absolute Gasteiger partial charge is 0.339 e. The predicted molar refractivity (Wildman–Crippen MR) is 76.2 cm³/mol. The molecule has 0 fully saturated rings. The van der Waals surface area contributed by atoms with Crippen molar-refractivity contribution in [2.24, 2.45) is 0 Å². The zero-order chi connectivity index (χ0) is 13.0. The smallest absolute Gasteiger partial charge is 0.156 e. The Hall–Kier alpha value is -1.20. The van der Waals surface area contributed by atoms with Crippen molar-refractivity contribution in [2.75, 3.05) is 6.54 Å². The molecule has 96 valence electrons. The minimum Gasteiger partial charge on any atom is -0.339 e. The molecule has 2 heterocycles. The van der Waals surface area contributed by atoms with E-state index >= 15 is 0 Å². The Morgan fingerprint density at radius 3 is 2.83 bits per heavy atom. The Labute approximate surface area is 115 Å². The molecule has 2 aromatic heterocycles. The van der Waals surface area contributed by atoms with Crippen molar-refractivity contribution < 1.29 is 0 Å². The Kier molecular flexibility index (Phi) is 4.49. The lowest BCUT2D eigenvalue weighted by Crippen LogP contribution is -2.19. The molecule has 0 aliphatic carbocycles. The van der Waals surface area contributed by atoms with Crippen molar-refractivity contribution in [3.05, 3.63) is 34.7 Å². The molecule has 4 nitrogen and oxygen atoms in total. The molecular weight excluding hydrogens is 292 g/mol. The monoisotopic (exact) mass is 308 g/mol. The first-order valence-electron chi connectivity index (χ1n) is 6.11. The van der Waals surface area contributed by atoms with Crippen LogP contribution in [0.3, 0.4) is 0 Å². The van der Waals surface area contributed by atoms with Gasteiger partial charge >= 0.3 is 0 Å². The van der Waals surface area contributed by atoms with Gasteiger partial charge in [0.1, 0.15) is 5.69 Å². The summed E-state index contributed by atoms with van der Waals surface area (Å²) in [4.78, 5) is 12.0. The summed E-state index contributed by atoms with van der Waals surface area (Å²) in [7, 11) is 0. The Morgan fingerprint density at radius 2 is 2.17 bits per heavy atom. The number of pyridine rings is 1. The van der Waals surface area contributed by atoms with E-state index in [1.54, 1.807) is 6.20 Å². The Bertz CT molecular complexity index is 492. The van der Waals surface area contributed by atoms with E-state index in [0.717, 1.165) is 34.7 Å². The van der Waals surface area contributed by atoms with Crippen molar-refractivity contribution in [1.82, 2.24) is 20.3 Å². The third-order valence-electron chi connectivity index (χ3n) is 2.73. The maximum atomic E-state index is 4.37. The average Bonchev–Trinajstić information content (AvgIpc) is 2.86. The van der Waals surface area contributed by atoms with Crippen molar-refractivity contribution in [2.45, 2.75) is 26.3 Å². The fraction of sp³-hybridized carbons (Fsp3) is 0.385. The fourth-order valence-corrected chi connectivity index (χ4v) is 1.91. The van der Waals surface area contributed by atoms with Gasteiger partial charge in [0.2, 0.25) is 0 Å². The van der Waals surface area contributed by atoms with Crippen molar-refractivity contribution in [1.29, 1.82) is 0 Å². The molecule has 0 aliphatic heterocycles. The van der Waals surface area contributed by atoms with Crippen LogP contribution in [0.5, 0.6) is 0 Å². The zero-order valence-corrected chi connectivity index (χ0v) is 12.2. The van der Waals surface area contributed by atoms with Crippen LogP contribution < -0.4 is 5.32 Å². The highest BCUT2D eigenvalue weighted by Gasteiger charge is 2.09. The molecule has 1 unspecified atom stereocenters. The van der Waals surface area contributed by atoms with E-state index in [4.69, 9.17) is 0 Å². The van der Waals surface area contributed by atoms with Gasteiger partial charge < -0.3 is 10.3 Å². The van der Waals surface area contributed by atoms with E-state index in [2.05, 4.69) is 50.0 Å². The van der Waals surface area contributed by atoms with Gasteiger partial charge in [-0.1, -0.05) is 6.92 Å². The summed E-state index contributed by atoms with van der Waals surface area (Å²) < 4.78 is 0.969. The van der Waals surface area contributed by atoms with Crippen molar-refractivity contribution in [3.63, 3.8) is 0 Å². The van der Waals surface area contributed by atoms with E-state index in [-0.39, 0.29) is 6.04 Å². The quantitative estimate of drug-likeness (QED) is 0.891. The van der Waals surface area contributed by atoms with Gasteiger partial charge in [0.15, 0.2) is 5.82 Å². The summed E-state index contributed by atoms with van der Waals surface area (Å²) in [6.45, 7) is 5.29. The van der Waals surface area contributed by atoms with Gasteiger partial charge in [-0.25, -0.2) is 4.98 Å². The van der Waals surface area contributed by atoms with Crippen molar-refractivity contribution >= 4 is 15.9 Å². The molecular formula is C13H17BrN4. The van der Waals surface area contributed by atoms with Crippen LogP contribution in [0.4, 0.5) is 0 Å². The molecule has 0 saturated heterocycles. The number of H-pyrrole nitrogens is 1. The molecule has 5 heteroatoms. The molecule has 0 bridgehead atoms. The maximum Gasteiger partial charge on any atom is 0.156 e. The summed E-state index contributed by atoms with van der Waals surface area (Å²) in [6.07, 6.45) is 4.77. The molecule has 0 saturated carbocycles. The summed E-state index contributed by atoms with van der Waals surface area (Å²) in [5.41, 5.74) is 1.94. The SMILES string of the molecule is CCCNC(C)c1cnc(-c2ccc(Br)cn2)[nH]1. The molecule has 0 amide bonds. The van der Waals surface area contributed by atoms with Crippen LogP contribution >= 0.6 is 15.9 Å². The molecule has 0 aliphatic rings. The number of aromatic nitrogens is 3. The normalized spacial score (nSPS) is 12.6. The standard InChI is InChI=1S/C13H17BrN4/c1-3-6-15-9(2)12-8-17-13(18-12)11-5-4-10(14)7-16-11/h4-5,7-9,15H,3,6H2,1-2H3,(H,17,18). The maximum absolute atomic E-state index is 4.37. The first-order valence-corrected chi connectivity index (χ1v) is 6.90. The van der Waals surface area contributed by atoms with E-state index in [0.29, 0.717) is 0 Å². The van der Waals surface area contributed by atoms with Gasteiger partial charge in [0.25, 0.3) is 0 Å². The molecule has 0 spiro atoms. The van der Waals surface area contributed by atoms with E-state index < -0.39 is 0 Å². The molecule has 0 radical (unpaired) electrons. The van der Waals surface area contributed by atoms with Crippen LogP contribution in [-0.2, 0) is 0 Å². The highest BCUT2D eigenvalue weighted by atomic mass is 79.9. The minimum atomic E-state index is 0.279. The van der Waals surface area contributed by atoms with Gasteiger partial charge in [-0.2, -0.15) is 0 Å². The van der Waals surface area contributed by atoms with E-state index in [9.17, 15) is 0 Å². The van der Waals surface area contributed by atoms with Gasteiger partial charge in [0, 0.05) is 16.7 Å². The molecule has 0 aromatic carbocycles. The zero-order valence-electron chi connectivity index (χ0n) is 10.6. The number of halogens is 1. The van der Waals surface area contributed by atoms with Crippen LogP contribution in [0.1, 0.15) is 32.0 Å². The number of hydrogen-bond acceptors (Lipinski definition) is 3. The third-order valence-corrected chi connectivity index (χ3v) is 3.20. The van der Waals surface area contributed by atoms with Gasteiger partial charge in [0.05, 0.1) is 11.9 Å². The second-order valence-corrected chi connectivity index (χ2v) is 5.14. The topological polar surface area (TPSA) is 53.6 Å². The third kappa shape index (κ3) is 3.17. The first kappa shape index (κ1) is 13.2. The molecule has 18 heavy (non-hydrogen) atoms. The minimum absolute atomic E-state index is 0.279. The Morgan fingerprint density at radius 1 is 1.33 bits per heavy atom. The predicted octanol–water partition coefficient (Wildman–Crippen LogP) is 3.29. The number of imidazole rings is 1. The summed E-state index contributed by atoms with van der Waals surface area (Å²) in [6, 6.07) is 4.18. The average molecular weight is 309 g/mol. The number of nitrogens with zero attached hydrogens (tertiary/aromatic N) is 2. The van der Waals surface area contributed by atoms with Crippen LogP contribution in [0.15, 0.2) is 29.0 Å². The number of aromatic amines is 1. The first-order chi connectivity index (χ1) is 8.70. The summed E-state index contributed by atoms with van der Waals surface area (Å²) in [5.74, 6) is 0.808. The fourth-order valence-electron chi connectivity index (χ4n) is 1.67. The number of rotatable bonds is 5. The lowest BCUT2D eigenvalue weighted by molar-refractivity contribution is 0.561. The van der Waals surface area contributed by atoms with Crippen LogP contribution in [-0.4, -0.2) is 21.5 Å². The summed E-state index contributed by atoms with van der Waals surface area (Å²) in [5, 5.41) is 3.42. The highest BCUT2D eigenvalue weighted by molar-refractivity contribution is 9.10. The molecule has 2 aromatic rings. The second-order valence-electron chi connectivity index (χ2n) is 4.22. The van der Waals surface area contributed by atoms with Gasteiger partial charge in [-0.15, -0.1) is 0 Å². The number of nitrogens with one attached hydrogen (secondary N) is 2. The van der Waals surface area contributed by atoms with Crippen LogP contribution in [0, 0.1) is 0 Å². The lowest BCUT2D eigenvalue weighted by Gasteiger charge is -2.10. The van der Waals surface area contributed by atoms with Gasteiger partial charge in [-0.3, -0.25) is 4.98 Å².